The summed E-state index contributed by atoms with van der Waals surface area (Å²) < 4.78 is 7.42. The van der Waals surface area contributed by atoms with Gasteiger partial charge in [0.25, 0.3) is 0 Å². The first-order valence-electron chi connectivity index (χ1n) is 9.41. The van der Waals surface area contributed by atoms with E-state index in [2.05, 4.69) is 72.0 Å². The number of ether oxygens (including phenoxy) is 1. The van der Waals surface area contributed by atoms with Crippen molar-refractivity contribution in [1.82, 2.24) is 4.98 Å². The maximum Gasteiger partial charge on any atom is 0.245 e. The highest BCUT2D eigenvalue weighted by molar-refractivity contribution is 9.10. The van der Waals surface area contributed by atoms with Crippen LogP contribution in [0.15, 0.2) is 22.7 Å². The predicted octanol–water partition coefficient (Wildman–Crippen LogP) is 5.98. The highest BCUT2D eigenvalue weighted by Crippen LogP contribution is 2.41. The van der Waals surface area contributed by atoms with Crippen LogP contribution in [-0.2, 0) is 0 Å². The zero-order valence-corrected chi connectivity index (χ0v) is 17.9. The van der Waals surface area contributed by atoms with Crippen LogP contribution in [0.1, 0.15) is 43.5 Å². The number of aromatic nitrogens is 1. The third-order valence-electron chi connectivity index (χ3n) is 5.06. The number of hydrogen-bond donors (Lipinski definition) is 1. The molecule has 1 aromatic heterocycles. The number of benzene rings is 1. The van der Waals surface area contributed by atoms with Crippen LogP contribution in [0.4, 0.5) is 11.4 Å². The lowest BCUT2D eigenvalue weighted by molar-refractivity contribution is 0.454. The van der Waals surface area contributed by atoms with Crippen LogP contribution in [0, 0.1) is 20.8 Å². The molecule has 0 amide bonds. The van der Waals surface area contributed by atoms with Gasteiger partial charge in [0.1, 0.15) is 11.4 Å². The molecular formula is C21H28BrN3O. The van der Waals surface area contributed by atoms with Crippen LogP contribution in [0.25, 0.3) is 0 Å². The summed E-state index contributed by atoms with van der Waals surface area (Å²) in [6, 6.07) is 6.87. The Labute approximate surface area is 165 Å². The lowest BCUT2D eigenvalue weighted by atomic mass is 10.1. The van der Waals surface area contributed by atoms with E-state index in [4.69, 9.17) is 9.72 Å². The first-order valence-corrected chi connectivity index (χ1v) is 10.2. The molecule has 0 saturated carbocycles. The van der Waals surface area contributed by atoms with Crippen molar-refractivity contribution in [2.45, 2.75) is 53.5 Å². The maximum absolute atomic E-state index is 6.35. The molecule has 0 atom stereocenters. The Morgan fingerprint density at radius 1 is 1.15 bits per heavy atom. The van der Waals surface area contributed by atoms with E-state index >= 15 is 0 Å². The Balaban J connectivity index is 2.05. The molecule has 26 heavy (non-hydrogen) atoms. The maximum atomic E-state index is 6.35. The Bertz CT molecular complexity index is 779. The van der Waals surface area contributed by atoms with Gasteiger partial charge in [-0.05, 0) is 62.9 Å². The lowest BCUT2D eigenvalue weighted by Crippen LogP contribution is -2.41. The number of aryl methyl sites for hydroxylation is 3. The van der Waals surface area contributed by atoms with Crippen LogP contribution in [0.5, 0.6) is 11.6 Å². The Kier molecular flexibility index (Phi) is 5.76. The van der Waals surface area contributed by atoms with Gasteiger partial charge in [0.05, 0.1) is 5.69 Å². The largest absolute Gasteiger partial charge is 0.436 e. The Morgan fingerprint density at radius 2 is 1.81 bits per heavy atom. The van der Waals surface area contributed by atoms with Crippen molar-refractivity contribution in [3.8, 4) is 11.6 Å². The summed E-state index contributed by atoms with van der Waals surface area (Å²) in [5.74, 6) is 1.55. The molecule has 0 radical (unpaired) electrons. The molecule has 0 saturated heterocycles. The second kappa shape index (κ2) is 7.87. The number of fused-ring (bicyclic) bond motifs is 1. The van der Waals surface area contributed by atoms with Gasteiger partial charge < -0.3 is 15.0 Å². The van der Waals surface area contributed by atoms with Gasteiger partial charge in [-0.2, -0.15) is 0 Å². The van der Waals surface area contributed by atoms with Crippen molar-refractivity contribution in [2.24, 2.45) is 0 Å². The second-order valence-corrected chi connectivity index (χ2v) is 7.94. The van der Waals surface area contributed by atoms with Gasteiger partial charge in [-0.25, -0.2) is 4.98 Å². The summed E-state index contributed by atoms with van der Waals surface area (Å²) in [5, 5.41) is 3.52. The third-order valence-corrected chi connectivity index (χ3v) is 5.52. The summed E-state index contributed by atoms with van der Waals surface area (Å²) in [6.45, 7) is 12.6. The zero-order chi connectivity index (χ0) is 18.8. The Morgan fingerprint density at radius 3 is 2.42 bits per heavy atom. The van der Waals surface area contributed by atoms with Gasteiger partial charge in [0.15, 0.2) is 0 Å². The lowest BCUT2D eigenvalue weighted by Gasteiger charge is -2.38. The average Bonchev–Trinajstić information content (AvgIpc) is 2.59. The van der Waals surface area contributed by atoms with Gasteiger partial charge in [-0.3, -0.25) is 0 Å². The smallest absolute Gasteiger partial charge is 0.245 e. The van der Waals surface area contributed by atoms with Crippen molar-refractivity contribution < 1.29 is 4.74 Å². The molecule has 140 valence electrons. The molecule has 2 aromatic rings. The van der Waals surface area contributed by atoms with Gasteiger partial charge in [0, 0.05) is 29.3 Å². The highest BCUT2D eigenvalue weighted by atomic mass is 79.9. The fraction of sp³-hybridized carbons (Fsp3) is 0.476. The number of pyridine rings is 1. The number of hydrogen-bond acceptors (Lipinski definition) is 4. The topological polar surface area (TPSA) is 37.4 Å². The van der Waals surface area contributed by atoms with E-state index in [1.54, 1.807) is 0 Å². The number of nitrogens with one attached hydrogen (secondary N) is 1. The molecule has 3 rings (SSSR count). The summed E-state index contributed by atoms with van der Waals surface area (Å²) in [7, 11) is 0. The fourth-order valence-electron chi connectivity index (χ4n) is 3.78. The molecule has 0 fully saturated rings. The molecule has 0 unspecified atom stereocenters. The first-order chi connectivity index (χ1) is 12.4. The minimum Gasteiger partial charge on any atom is -0.436 e. The molecule has 1 aliphatic heterocycles. The summed E-state index contributed by atoms with van der Waals surface area (Å²) in [6.07, 6.45) is 2.27. The summed E-state index contributed by atoms with van der Waals surface area (Å²) in [4.78, 5) is 7.22. The fourth-order valence-corrected chi connectivity index (χ4v) is 4.47. The van der Waals surface area contributed by atoms with E-state index < -0.39 is 0 Å². The monoisotopic (exact) mass is 417 g/mol. The zero-order valence-electron chi connectivity index (χ0n) is 16.3. The van der Waals surface area contributed by atoms with Crippen LogP contribution in [0.2, 0.25) is 0 Å². The van der Waals surface area contributed by atoms with Crippen LogP contribution in [-0.4, -0.2) is 24.1 Å². The summed E-state index contributed by atoms with van der Waals surface area (Å²) >= 11 is 3.55. The van der Waals surface area contributed by atoms with Gasteiger partial charge >= 0.3 is 0 Å². The van der Waals surface area contributed by atoms with E-state index in [0.717, 1.165) is 58.7 Å². The molecule has 5 heteroatoms. The van der Waals surface area contributed by atoms with Crippen molar-refractivity contribution in [3.05, 3.63) is 39.5 Å². The molecule has 4 nitrogen and oxygen atoms in total. The van der Waals surface area contributed by atoms with Gasteiger partial charge in [-0.1, -0.05) is 29.8 Å². The minimum atomic E-state index is 0.543. The normalized spacial score (nSPS) is 13.6. The Hall–Kier alpha value is -1.75. The van der Waals surface area contributed by atoms with Gasteiger partial charge in [0.2, 0.25) is 5.88 Å². The summed E-state index contributed by atoms with van der Waals surface area (Å²) in [5.41, 5.74) is 5.39. The molecule has 0 aliphatic carbocycles. The van der Waals surface area contributed by atoms with E-state index in [1.165, 1.54) is 5.69 Å². The molecule has 1 N–H and O–H groups in total. The first kappa shape index (κ1) is 19.0. The number of anilines is 2. The number of halogens is 1. The van der Waals surface area contributed by atoms with Crippen molar-refractivity contribution in [3.63, 3.8) is 0 Å². The van der Waals surface area contributed by atoms with Gasteiger partial charge in [-0.15, -0.1) is 0 Å². The van der Waals surface area contributed by atoms with E-state index in [9.17, 15) is 0 Å². The average molecular weight is 418 g/mol. The van der Waals surface area contributed by atoms with E-state index in [0.29, 0.717) is 11.9 Å². The quantitative estimate of drug-likeness (QED) is 0.648. The van der Waals surface area contributed by atoms with Crippen LogP contribution >= 0.6 is 15.9 Å². The predicted molar refractivity (Wildman–Crippen MR) is 113 cm³/mol. The number of rotatable bonds is 5. The molecule has 0 bridgehead atoms. The highest BCUT2D eigenvalue weighted by Gasteiger charge is 2.26. The molecular weight excluding hydrogens is 390 g/mol. The van der Waals surface area contributed by atoms with Crippen LogP contribution < -0.4 is 15.0 Å². The molecule has 1 aromatic carbocycles. The molecule has 1 aliphatic rings. The van der Waals surface area contributed by atoms with Crippen molar-refractivity contribution in [1.29, 1.82) is 0 Å². The second-order valence-electron chi connectivity index (χ2n) is 7.02. The molecule has 0 spiro atoms. The van der Waals surface area contributed by atoms with Crippen molar-refractivity contribution in [2.75, 3.05) is 23.3 Å². The van der Waals surface area contributed by atoms with E-state index in [-0.39, 0.29) is 0 Å². The molecule has 2 heterocycles. The third kappa shape index (κ3) is 3.68. The standard InChI is InChI=1S/C21H28BrN3O/c1-6-17(7-2)25-9-8-23-19-18(25)12-15(5)24-21(19)26-20-13(3)10-16(22)11-14(20)4/h10-12,17,23H,6-9H2,1-5H3. The van der Waals surface area contributed by atoms with Crippen molar-refractivity contribution >= 4 is 27.3 Å². The van der Waals surface area contributed by atoms with E-state index in [1.807, 2.05) is 6.92 Å². The minimum absolute atomic E-state index is 0.543. The number of nitrogens with zero attached hydrogens (tertiary/aromatic N) is 2. The SMILES string of the molecule is CCC(CC)N1CCNc2c1cc(C)nc2Oc1c(C)cc(Br)cc1C. The van der Waals surface area contributed by atoms with Crippen LogP contribution in [0.3, 0.4) is 0 Å².